The molecule has 0 radical (unpaired) electrons. The molecule has 4 N–H and O–H groups in total. The molecular formula is C7H11N3O5. The van der Waals surface area contributed by atoms with Crippen molar-refractivity contribution in [1.29, 1.82) is 0 Å². The van der Waals surface area contributed by atoms with E-state index < -0.39 is 22.9 Å². The van der Waals surface area contributed by atoms with Crippen molar-refractivity contribution >= 4 is 5.82 Å². The molecule has 1 rings (SSSR count). The van der Waals surface area contributed by atoms with Gasteiger partial charge >= 0.3 is 5.82 Å². The number of rotatable bonds is 5. The lowest BCUT2D eigenvalue weighted by molar-refractivity contribution is -0.390. The van der Waals surface area contributed by atoms with Crippen LogP contribution in [0.2, 0.25) is 0 Å². The quantitative estimate of drug-likeness (QED) is 0.373. The molecule has 1 aromatic heterocycles. The predicted octanol–water partition coefficient (Wildman–Crippen LogP) is -0.905. The standard InChI is InChI=1S/C7H11N3O5/c11-2-1-4(12)6(13)5-7(10(14)15)9-3-8-5/h3-4,6,11-13H,1-2H2,(H,8,9). The van der Waals surface area contributed by atoms with Crippen molar-refractivity contribution in [3.63, 3.8) is 0 Å². The zero-order chi connectivity index (χ0) is 11.4. The van der Waals surface area contributed by atoms with Gasteiger partial charge in [0.2, 0.25) is 0 Å². The molecule has 1 heterocycles. The minimum atomic E-state index is -1.48. The third-order valence-electron chi connectivity index (χ3n) is 1.90. The van der Waals surface area contributed by atoms with Gasteiger partial charge in [-0.25, -0.2) is 9.97 Å². The summed E-state index contributed by atoms with van der Waals surface area (Å²) in [6, 6.07) is 0. The Hall–Kier alpha value is -1.51. The Bertz CT molecular complexity index is 339. The molecular weight excluding hydrogens is 206 g/mol. The summed E-state index contributed by atoms with van der Waals surface area (Å²) in [5.74, 6) is -0.459. The van der Waals surface area contributed by atoms with Crippen LogP contribution in [0.4, 0.5) is 5.82 Å². The monoisotopic (exact) mass is 217 g/mol. The molecule has 2 unspecified atom stereocenters. The van der Waals surface area contributed by atoms with E-state index in [0.29, 0.717) is 0 Å². The summed E-state index contributed by atoms with van der Waals surface area (Å²) >= 11 is 0. The summed E-state index contributed by atoms with van der Waals surface area (Å²) in [6.07, 6.45) is -1.78. The molecule has 0 fully saturated rings. The van der Waals surface area contributed by atoms with Gasteiger partial charge in [-0.2, -0.15) is 0 Å². The first-order valence-corrected chi connectivity index (χ1v) is 4.22. The zero-order valence-corrected chi connectivity index (χ0v) is 7.70. The second-order valence-corrected chi connectivity index (χ2v) is 2.92. The molecule has 0 saturated carbocycles. The molecule has 0 bridgehead atoms. The number of H-pyrrole nitrogens is 1. The van der Waals surface area contributed by atoms with E-state index in [-0.39, 0.29) is 18.7 Å². The lowest BCUT2D eigenvalue weighted by atomic mass is 10.1. The Morgan fingerprint density at radius 3 is 2.80 bits per heavy atom. The number of nitro groups is 1. The average molecular weight is 217 g/mol. The molecule has 15 heavy (non-hydrogen) atoms. The van der Waals surface area contributed by atoms with Crippen molar-refractivity contribution in [2.24, 2.45) is 0 Å². The van der Waals surface area contributed by atoms with Crippen LogP contribution in [0, 0.1) is 10.1 Å². The average Bonchev–Trinajstić information content (AvgIpc) is 2.65. The highest BCUT2D eigenvalue weighted by Crippen LogP contribution is 2.24. The van der Waals surface area contributed by atoms with Gasteiger partial charge in [0.25, 0.3) is 0 Å². The number of hydrogen-bond donors (Lipinski definition) is 4. The van der Waals surface area contributed by atoms with Crippen LogP contribution in [0.15, 0.2) is 6.33 Å². The number of nitrogens with zero attached hydrogens (tertiary/aromatic N) is 2. The minimum Gasteiger partial charge on any atom is -0.396 e. The molecule has 2 atom stereocenters. The topological polar surface area (TPSA) is 133 Å². The number of imidazole rings is 1. The van der Waals surface area contributed by atoms with Crippen molar-refractivity contribution < 1.29 is 20.2 Å². The van der Waals surface area contributed by atoms with E-state index in [0.717, 1.165) is 6.33 Å². The summed E-state index contributed by atoms with van der Waals surface area (Å²) in [5, 5.41) is 37.8. The number of aliphatic hydroxyl groups is 3. The normalized spacial score (nSPS) is 14.9. The van der Waals surface area contributed by atoms with Crippen molar-refractivity contribution in [2.75, 3.05) is 6.61 Å². The van der Waals surface area contributed by atoms with E-state index in [1.807, 2.05) is 0 Å². The Kier molecular flexibility index (Phi) is 3.72. The van der Waals surface area contributed by atoms with E-state index in [2.05, 4.69) is 9.97 Å². The fourth-order valence-electron chi connectivity index (χ4n) is 1.13. The fraction of sp³-hybridized carbons (Fsp3) is 0.571. The van der Waals surface area contributed by atoms with Crippen molar-refractivity contribution in [2.45, 2.75) is 18.6 Å². The highest BCUT2D eigenvalue weighted by molar-refractivity contribution is 5.28. The second kappa shape index (κ2) is 4.82. The van der Waals surface area contributed by atoms with Crippen LogP contribution in [-0.2, 0) is 0 Å². The highest BCUT2D eigenvalue weighted by atomic mass is 16.6. The van der Waals surface area contributed by atoms with Gasteiger partial charge in [0.15, 0.2) is 12.0 Å². The number of nitrogens with one attached hydrogen (secondary N) is 1. The van der Waals surface area contributed by atoms with Gasteiger partial charge < -0.3 is 25.4 Å². The molecule has 0 aliphatic carbocycles. The molecule has 84 valence electrons. The van der Waals surface area contributed by atoms with E-state index in [4.69, 9.17) is 5.11 Å². The first-order chi connectivity index (χ1) is 7.07. The lowest BCUT2D eigenvalue weighted by Crippen LogP contribution is -2.20. The molecule has 0 aromatic carbocycles. The molecule has 0 aliphatic rings. The maximum atomic E-state index is 10.5. The smallest absolute Gasteiger partial charge is 0.346 e. The Morgan fingerprint density at radius 2 is 2.27 bits per heavy atom. The van der Waals surface area contributed by atoms with Crippen molar-refractivity contribution in [1.82, 2.24) is 9.97 Å². The summed E-state index contributed by atoms with van der Waals surface area (Å²) in [6.45, 7) is -0.323. The van der Waals surface area contributed by atoms with E-state index >= 15 is 0 Å². The van der Waals surface area contributed by atoms with Gasteiger partial charge in [0.05, 0.1) is 6.10 Å². The molecule has 0 aliphatic heterocycles. The molecule has 0 spiro atoms. The minimum absolute atomic E-state index is 0.0782. The third-order valence-corrected chi connectivity index (χ3v) is 1.90. The van der Waals surface area contributed by atoms with Crippen LogP contribution in [0.1, 0.15) is 18.2 Å². The number of aliphatic hydroxyl groups excluding tert-OH is 3. The first-order valence-electron chi connectivity index (χ1n) is 4.22. The van der Waals surface area contributed by atoms with Gasteiger partial charge in [0.1, 0.15) is 6.10 Å². The van der Waals surface area contributed by atoms with Crippen LogP contribution in [0.5, 0.6) is 0 Å². The van der Waals surface area contributed by atoms with Crippen LogP contribution in [0.3, 0.4) is 0 Å². The molecule has 8 heteroatoms. The fourth-order valence-corrected chi connectivity index (χ4v) is 1.13. The first kappa shape index (κ1) is 11.6. The predicted molar refractivity (Wildman–Crippen MR) is 47.9 cm³/mol. The summed E-state index contributed by atoms with van der Waals surface area (Å²) < 4.78 is 0. The maximum absolute atomic E-state index is 10.5. The zero-order valence-electron chi connectivity index (χ0n) is 7.70. The third kappa shape index (κ3) is 2.49. The SMILES string of the molecule is O=[N+]([O-])c1[nH]cnc1C(O)C(O)CCO. The van der Waals surface area contributed by atoms with Gasteiger partial charge in [0, 0.05) is 6.61 Å². The van der Waals surface area contributed by atoms with Crippen LogP contribution in [-0.4, -0.2) is 42.9 Å². The maximum Gasteiger partial charge on any atom is 0.346 e. The van der Waals surface area contributed by atoms with E-state index in [1.54, 1.807) is 0 Å². The largest absolute Gasteiger partial charge is 0.396 e. The molecule has 1 aromatic rings. The Morgan fingerprint density at radius 1 is 1.60 bits per heavy atom. The summed E-state index contributed by atoms with van der Waals surface area (Å²) in [7, 11) is 0. The number of aromatic amines is 1. The molecule has 0 amide bonds. The van der Waals surface area contributed by atoms with Crippen molar-refractivity contribution in [3.8, 4) is 0 Å². The Labute approximate surface area is 84.4 Å². The highest BCUT2D eigenvalue weighted by Gasteiger charge is 2.28. The number of hydrogen-bond acceptors (Lipinski definition) is 6. The van der Waals surface area contributed by atoms with Crippen LogP contribution < -0.4 is 0 Å². The second-order valence-electron chi connectivity index (χ2n) is 2.92. The van der Waals surface area contributed by atoms with Gasteiger partial charge in [-0.05, 0) is 11.3 Å². The van der Waals surface area contributed by atoms with E-state index in [9.17, 15) is 20.3 Å². The summed E-state index contributed by atoms with van der Waals surface area (Å²) in [4.78, 5) is 15.5. The van der Waals surface area contributed by atoms with Gasteiger partial charge in [-0.3, -0.25) is 0 Å². The lowest BCUT2D eigenvalue weighted by Gasteiger charge is -2.14. The van der Waals surface area contributed by atoms with Gasteiger partial charge in [-0.1, -0.05) is 0 Å². The van der Waals surface area contributed by atoms with Gasteiger partial charge in [-0.15, -0.1) is 0 Å². The molecule has 8 nitrogen and oxygen atoms in total. The Balaban J connectivity index is 2.85. The van der Waals surface area contributed by atoms with Crippen LogP contribution >= 0.6 is 0 Å². The van der Waals surface area contributed by atoms with Crippen molar-refractivity contribution in [3.05, 3.63) is 22.1 Å². The molecule has 0 saturated heterocycles. The summed E-state index contributed by atoms with van der Waals surface area (Å²) in [5.41, 5.74) is -0.235. The van der Waals surface area contributed by atoms with E-state index in [1.165, 1.54) is 0 Å². The van der Waals surface area contributed by atoms with Crippen LogP contribution in [0.25, 0.3) is 0 Å². The number of aromatic nitrogens is 2.